The van der Waals surface area contributed by atoms with Crippen LogP contribution in [0.3, 0.4) is 0 Å². The van der Waals surface area contributed by atoms with Crippen molar-refractivity contribution in [2.45, 2.75) is 50.2 Å². The molecule has 0 unspecified atom stereocenters. The molecule has 0 bridgehead atoms. The number of carbonyl (C=O) groups is 2. The molecule has 1 aliphatic carbocycles. The van der Waals surface area contributed by atoms with Gasteiger partial charge in [0.05, 0.1) is 5.56 Å². The van der Waals surface area contributed by atoms with Gasteiger partial charge in [-0.05, 0) is 80.1 Å². The highest BCUT2D eigenvalue weighted by atomic mass is 19.4. The quantitative estimate of drug-likeness (QED) is 0.256. The van der Waals surface area contributed by atoms with Crippen molar-refractivity contribution in [2.24, 2.45) is 5.92 Å². The van der Waals surface area contributed by atoms with Gasteiger partial charge in [-0.2, -0.15) is 13.2 Å². The normalized spacial score (nSPS) is 23.4. The molecule has 1 heterocycles. The summed E-state index contributed by atoms with van der Waals surface area (Å²) >= 11 is 0. The highest BCUT2D eigenvalue weighted by Gasteiger charge is 2.48. The smallest absolute Gasteiger partial charge is 0.416 e. The van der Waals surface area contributed by atoms with E-state index in [1.54, 1.807) is 6.07 Å². The van der Waals surface area contributed by atoms with Crippen LogP contribution < -0.4 is 10.1 Å². The summed E-state index contributed by atoms with van der Waals surface area (Å²) in [5, 5.41) is 3.03. The van der Waals surface area contributed by atoms with E-state index >= 15 is 0 Å². The Bertz CT molecular complexity index is 1250. The van der Waals surface area contributed by atoms with Crippen LogP contribution in [0, 0.1) is 17.8 Å². The van der Waals surface area contributed by atoms with E-state index in [4.69, 9.17) is 4.74 Å². The maximum Gasteiger partial charge on any atom is 0.416 e. The fourth-order valence-corrected chi connectivity index (χ4v) is 5.82. The van der Waals surface area contributed by atoms with Gasteiger partial charge in [-0.3, -0.25) is 14.5 Å². The molecule has 2 aliphatic rings. The van der Waals surface area contributed by atoms with Crippen molar-refractivity contribution in [2.75, 3.05) is 19.6 Å². The number of esters is 1. The number of ether oxygens (including phenoxy) is 1. The SMILES string of the molecule is C=CCN1CC[C@@]2(c3cccc(OC(C)=O)c3)C[C@H](NC(=O)C#Cc3ccc(C(F)(F)F)cc3)CC[C@@H]2C1. The van der Waals surface area contributed by atoms with E-state index in [0.29, 0.717) is 17.2 Å². The fourth-order valence-electron chi connectivity index (χ4n) is 5.82. The predicted molar refractivity (Wildman–Crippen MR) is 138 cm³/mol. The largest absolute Gasteiger partial charge is 0.427 e. The van der Waals surface area contributed by atoms with Gasteiger partial charge < -0.3 is 10.1 Å². The predicted octanol–water partition coefficient (Wildman–Crippen LogP) is 5.10. The van der Waals surface area contributed by atoms with Crippen LogP contribution in [-0.2, 0) is 21.2 Å². The van der Waals surface area contributed by atoms with Gasteiger partial charge in [0.1, 0.15) is 5.75 Å². The third-order valence-corrected chi connectivity index (χ3v) is 7.53. The third-order valence-electron chi connectivity index (χ3n) is 7.53. The second kappa shape index (κ2) is 11.4. The molecule has 1 aliphatic heterocycles. The summed E-state index contributed by atoms with van der Waals surface area (Å²) < 4.78 is 43.7. The number of nitrogens with zero attached hydrogens (tertiary/aromatic N) is 1. The lowest BCUT2D eigenvalue weighted by Crippen LogP contribution is -2.56. The Kier molecular flexibility index (Phi) is 8.27. The van der Waals surface area contributed by atoms with Crippen molar-refractivity contribution in [1.82, 2.24) is 10.2 Å². The van der Waals surface area contributed by atoms with Crippen LogP contribution in [0.15, 0.2) is 61.2 Å². The Hall–Kier alpha value is -3.57. The monoisotopic (exact) mass is 524 g/mol. The summed E-state index contributed by atoms with van der Waals surface area (Å²) in [5.74, 6) is 5.21. The molecule has 5 nitrogen and oxygen atoms in total. The molecule has 2 fully saturated rings. The van der Waals surface area contributed by atoms with E-state index in [0.717, 1.165) is 63.0 Å². The van der Waals surface area contributed by atoms with Crippen LogP contribution in [0.5, 0.6) is 5.75 Å². The number of carbonyl (C=O) groups excluding carboxylic acids is 2. The lowest BCUT2D eigenvalue weighted by Gasteiger charge is -2.53. The third kappa shape index (κ3) is 6.46. The molecule has 1 N–H and O–H groups in total. The van der Waals surface area contributed by atoms with Crippen LogP contribution in [-0.4, -0.2) is 42.5 Å². The van der Waals surface area contributed by atoms with Gasteiger partial charge >= 0.3 is 12.1 Å². The molecule has 38 heavy (non-hydrogen) atoms. The fraction of sp³-hybridized carbons (Fsp3) is 0.400. The van der Waals surface area contributed by atoms with Crippen LogP contribution in [0.25, 0.3) is 0 Å². The van der Waals surface area contributed by atoms with Crippen molar-refractivity contribution in [3.8, 4) is 17.6 Å². The van der Waals surface area contributed by atoms with E-state index in [-0.39, 0.29) is 17.4 Å². The van der Waals surface area contributed by atoms with Crippen LogP contribution in [0.4, 0.5) is 13.2 Å². The number of nitrogens with one attached hydrogen (secondary N) is 1. The number of hydrogen-bond acceptors (Lipinski definition) is 4. The number of piperidine rings is 1. The van der Waals surface area contributed by atoms with Crippen molar-refractivity contribution in [3.63, 3.8) is 0 Å². The van der Waals surface area contributed by atoms with Crippen LogP contribution >= 0.6 is 0 Å². The van der Waals surface area contributed by atoms with Gasteiger partial charge in [0.25, 0.3) is 5.91 Å². The first-order valence-corrected chi connectivity index (χ1v) is 12.7. The van der Waals surface area contributed by atoms with Gasteiger partial charge in [0.2, 0.25) is 0 Å². The minimum absolute atomic E-state index is 0.107. The molecule has 1 amide bonds. The number of hydrogen-bond donors (Lipinski definition) is 1. The Balaban J connectivity index is 1.51. The summed E-state index contributed by atoms with van der Waals surface area (Å²) in [5.41, 5.74) is 0.469. The van der Waals surface area contributed by atoms with Crippen molar-refractivity contribution in [1.29, 1.82) is 0 Å². The highest BCUT2D eigenvalue weighted by molar-refractivity contribution is 5.94. The number of likely N-dealkylation sites (tertiary alicyclic amines) is 1. The summed E-state index contributed by atoms with van der Waals surface area (Å²) in [7, 11) is 0. The van der Waals surface area contributed by atoms with Gasteiger partial charge in [-0.1, -0.05) is 24.1 Å². The molecule has 200 valence electrons. The number of rotatable bonds is 5. The molecule has 2 aromatic rings. The lowest BCUT2D eigenvalue weighted by atomic mass is 9.58. The Morgan fingerprint density at radius 2 is 1.97 bits per heavy atom. The molecule has 1 saturated heterocycles. The van der Waals surface area contributed by atoms with Crippen LogP contribution in [0.2, 0.25) is 0 Å². The van der Waals surface area contributed by atoms with E-state index in [2.05, 4.69) is 34.7 Å². The lowest BCUT2D eigenvalue weighted by molar-refractivity contribution is -0.137. The Morgan fingerprint density at radius 1 is 1.21 bits per heavy atom. The number of amides is 1. The minimum Gasteiger partial charge on any atom is -0.427 e. The summed E-state index contributed by atoms with van der Waals surface area (Å²) in [6.45, 7) is 7.86. The molecule has 3 atom stereocenters. The van der Waals surface area contributed by atoms with E-state index in [1.165, 1.54) is 19.1 Å². The maximum absolute atomic E-state index is 12.8. The second-order valence-corrected chi connectivity index (χ2v) is 10.0. The second-order valence-electron chi connectivity index (χ2n) is 10.0. The van der Waals surface area contributed by atoms with E-state index in [9.17, 15) is 22.8 Å². The van der Waals surface area contributed by atoms with Crippen molar-refractivity contribution in [3.05, 3.63) is 77.9 Å². The van der Waals surface area contributed by atoms with Gasteiger partial charge in [0, 0.05) is 43.0 Å². The molecule has 2 aromatic carbocycles. The van der Waals surface area contributed by atoms with Crippen molar-refractivity contribution >= 4 is 11.9 Å². The number of halogens is 3. The maximum atomic E-state index is 12.8. The standard InChI is InChI=1S/C30H31F3N2O3/c1-3-16-35-17-15-29(24-5-4-6-27(18-24)38-21(2)36)19-26(13-12-25(29)20-35)34-28(37)14-9-22-7-10-23(11-8-22)30(31,32)33/h3-8,10-11,18,25-26H,1,12-13,15-17,19-20H2,2H3,(H,34,37)/t25-,26-,29+/m1/s1. The van der Waals surface area contributed by atoms with Crippen molar-refractivity contribution < 1.29 is 27.5 Å². The summed E-state index contributed by atoms with van der Waals surface area (Å²) in [4.78, 5) is 26.6. The molecule has 0 radical (unpaired) electrons. The van der Waals surface area contributed by atoms with Crippen LogP contribution in [0.1, 0.15) is 49.3 Å². The summed E-state index contributed by atoms with van der Waals surface area (Å²) in [6, 6.07) is 12.0. The van der Waals surface area contributed by atoms with Gasteiger partial charge in [0.15, 0.2) is 0 Å². The first-order valence-electron chi connectivity index (χ1n) is 12.7. The minimum atomic E-state index is -4.42. The Labute approximate surface area is 221 Å². The van der Waals surface area contributed by atoms with E-state index < -0.39 is 17.6 Å². The molecule has 0 aromatic heterocycles. The average molecular weight is 525 g/mol. The zero-order valence-corrected chi connectivity index (χ0v) is 21.3. The van der Waals surface area contributed by atoms with E-state index in [1.807, 2.05) is 18.2 Å². The summed E-state index contributed by atoms with van der Waals surface area (Å²) in [6.07, 6.45) is 0.803. The number of fused-ring (bicyclic) bond motifs is 1. The van der Waals surface area contributed by atoms with Gasteiger partial charge in [-0.25, -0.2) is 0 Å². The molecule has 8 heteroatoms. The van der Waals surface area contributed by atoms with Gasteiger partial charge in [-0.15, -0.1) is 6.58 Å². The number of benzene rings is 2. The molecule has 1 saturated carbocycles. The first-order chi connectivity index (χ1) is 18.1. The molecule has 0 spiro atoms. The zero-order valence-electron chi connectivity index (χ0n) is 21.3. The average Bonchev–Trinajstić information content (AvgIpc) is 2.87. The molecule has 4 rings (SSSR count). The molecular formula is C30H31F3N2O3. The topological polar surface area (TPSA) is 58.6 Å². The first kappa shape index (κ1) is 27.5. The molecular weight excluding hydrogens is 493 g/mol. The Morgan fingerprint density at radius 3 is 2.66 bits per heavy atom. The zero-order chi connectivity index (χ0) is 27.3. The number of alkyl halides is 3. The highest BCUT2D eigenvalue weighted by Crippen LogP contribution is 2.49.